The molecule has 0 aliphatic heterocycles. The van der Waals surface area contributed by atoms with Crippen LogP contribution in [0, 0.1) is 11.3 Å². The number of aromatic nitrogens is 1. The lowest BCUT2D eigenvalue weighted by Gasteiger charge is -2.17. The number of nitrogens with one attached hydrogen (secondary N) is 2. The van der Waals surface area contributed by atoms with Crippen molar-refractivity contribution < 1.29 is 18.5 Å². The van der Waals surface area contributed by atoms with Gasteiger partial charge in [-0.05, 0) is 37.5 Å². The maximum Gasteiger partial charge on any atom is 0.226 e. The molecule has 138 valence electrons. The van der Waals surface area contributed by atoms with Crippen LogP contribution in [-0.4, -0.2) is 36.7 Å². The van der Waals surface area contributed by atoms with Crippen molar-refractivity contribution in [3.63, 3.8) is 0 Å². The molecule has 2 aliphatic carbocycles. The van der Waals surface area contributed by atoms with E-state index in [-0.39, 0.29) is 23.7 Å². The van der Waals surface area contributed by atoms with Crippen molar-refractivity contribution in [3.05, 3.63) is 17.5 Å². The van der Waals surface area contributed by atoms with Gasteiger partial charge in [-0.15, -0.1) is 0 Å². The van der Waals surface area contributed by atoms with Gasteiger partial charge in [-0.3, -0.25) is 14.0 Å². The third kappa shape index (κ3) is 5.03. The number of carbonyl (C=O) groups excluding carboxylic acids is 2. The summed E-state index contributed by atoms with van der Waals surface area (Å²) in [7, 11) is 0. The number of halogens is 1. The number of hydrogen-bond donors (Lipinski definition) is 2. The first-order valence-corrected chi connectivity index (χ1v) is 9.07. The van der Waals surface area contributed by atoms with Gasteiger partial charge in [0.25, 0.3) is 0 Å². The highest BCUT2D eigenvalue weighted by atomic mass is 19.1. The van der Waals surface area contributed by atoms with E-state index in [1.54, 1.807) is 6.92 Å². The van der Waals surface area contributed by atoms with Crippen molar-refractivity contribution in [2.24, 2.45) is 11.3 Å². The average molecular weight is 351 g/mol. The van der Waals surface area contributed by atoms with Crippen LogP contribution in [0.25, 0.3) is 0 Å². The van der Waals surface area contributed by atoms with E-state index >= 15 is 0 Å². The maximum atomic E-state index is 12.5. The maximum absolute atomic E-state index is 12.5. The number of amides is 2. The number of nitrogens with zero attached hydrogens (tertiary/aromatic N) is 1. The third-order valence-corrected chi connectivity index (χ3v) is 5.15. The molecule has 0 saturated heterocycles. The molecule has 2 aliphatic rings. The largest absolute Gasteiger partial charge is 0.361 e. The van der Waals surface area contributed by atoms with Gasteiger partial charge in [-0.1, -0.05) is 12.1 Å². The monoisotopic (exact) mass is 351 g/mol. The number of alkyl halides is 1. The summed E-state index contributed by atoms with van der Waals surface area (Å²) in [5.41, 5.74) is 0.736. The quantitative estimate of drug-likeness (QED) is 0.676. The first-order valence-electron chi connectivity index (χ1n) is 9.07. The fraction of sp³-hybridized carbons (Fsp3) is 0.722. The predicted molar refractivity (Wildman–Crippen MR) is 89.6 cm³/mol. The van der Waals surface area contributed by atoms with Gasteiger partial charge in [-0.25, -0.2) is 0 Å². The van der Waals surface area contributed by atoms with Crippen molar-refractivity contribution in [3.8, 4) is 0 Å². The minimum absolute atomic E-state index is 0.0615. The Kier molecular flexibility index (Phi) is 5.39. The van der Waals surface area contributed by atoms with Crippen LogP contribution in [0.3, 0.4) is 0 Å². The van der Waals surface area contributed by atoms with Crippen LogP contribution in [-0.2, 0) is 16.0 Å². The van der Waals surface area contributed by atoms with Gasteiger partial charge in [0.15, 0.2) is 0 Å². The molecule has 0 radical (unpaired) electrons. The molecule has 25 heavy (non-hydrogen) atoms. The van der Waals surface area contributed by atoms with E-state index < -0.39 is 12.6 Å². The van der Waals surface area contributed by atoms with Crippen LogP contribution in [0.15, 0.2) is 10.6 Å². The van der Waals surface area contributed by atoms with E-state index in [1.165, 1.54) is 0 Å². The van der Waals surface area contributed by atoms with Gasteiger partial charge in [-0.2, -0.15) is 0 Å². The molecule has 0 bridgehead atoms. The summed E-state index contributed by atoms with van der Waals surface area (Å²) < 4.78 is 17.7. The van der Waals surface area contributed by atoms with Crippen molar-refractivity contribution in [2.45, 2.75) is 51.4 Å². The smallest absolute Gasteiger partial charge is 0.226 e. The number of carbonyl (C=O) groups is 2. The Hall–Kier alpha value is -1.92. The molecule has 3 rings (SSSR count). The van der Waals surface area contributed by atoms with Crippen LogP contribution in [0.5, 0.6) is 0 Å². The first-order chi connectivity index (χ1) is 12.0. The fourth-order valence-corrected chi connectivity index (χ4v) is 2.88. The highest BCUT2D eigenvalue weighted by molar-refractivity contribution is 5.78. The summed E-state index contributed by atoms with van der Waals surface area (Å²) in [4.78, 5) is 23.7. The zero-order valence-corrected chi connectivity index (χ0v) is 14.6. The minimum Gasteiger partial charge on any atom is -0.361 e. The second-order valence-corrected chi connectivity index (χ2v) is 7.54. The highest BCUT2D eigenvalue weighted by Gasteiger charge is 2.42. The molecular formula is C18H26FN3O3. The Morgan fingerprint density at radius 2 is 2.16 bits per heavy atom. The summed E-state index contributed by atoms with van der Waals surface area (Å²) in [5, 5.41) is 9.67. The van der Waals surface area contributed by atoms with E-state index in [0.29, 0.717) is 24.7 Å². The summed E-state index contributed by atoms with van der Waals surface area (Å²) in [5.74, 6) is 0.475. The number of hydrogen-bond acceptors (Lipinski definition) is 4. The van der Waals surface area contributed by atoms with E-state index in [4.69, 9.17) is 4.52 Å². The van der Waals surface area contributed by atoms with Crippen molar-refractivity contribution in [1.82, 2.24) is 15.8 Å². The van der Waals surface area contributed by atoms with Gasteiger partial charge in [0, 0.05) is 25.1 Å². The molecule has 1 unspecified atom stereocenters. The van der Waals surface area contributed by atoms with E-state index in [0.717, 1.165) is 37.9 Å². The molecule has 1 aromatic rings. The SMILES string of the molecule is CC(CF)C(=O)NCC1(CCNC(=O)Cc2cc(C3CC3)on2)CC1. The van der Waals surface area contributed by atoms with Crippen LogP contribution in [0.1, 0.15) is 56.4 Å². The molecular weight excluding hydrogens is 325 g/mol. The summed E-state index contributed by atoms with van der Waals surface area (Å²) >= 11 is 0. The molecule has 0 spiro atoms. The van der Waals surface area contributed by atoms with Crippen molar-refractivity contribution in [1.29, 1.82) is 0 Å². The lowest BCUT2D eigenvalue weighted by Crippen LogP contribution is -2.36. The Bertz CT molecular complexity index is 623. The molecule has 2 fully saturated rings. The van der Waals surface area contributed by atoms with Crippen LogP contribution in [0.4, 0.5) is 4.39 Å². The Labute approximate surface area is 146 Å². The van der Waals surface area contributed by atoms with E-state index in [9.17, 15) is 14.0 Å². The summed E-state index contributed by atoms with van der Waals surface area (Å²) in [6, 6.07) is 1.88. The van der Waals surface area contributed by atoms with Crippen molar-refractivity contribution in [2.75, 3.05) is 19.8 Å². The topological polar surface area (TPSA) is 84.2 Å². The predicted octanol–water partition coefficient (Wildman–Crippen LogP) is 2.10. The normalized spacial score (nSPS) is 19.3. The molecule has 2 amide bonds. The third-order valence-electron chi connectivity index (χ3n) is 5.15. The second-order valence-electron chi connectivity index (χ2n) is 7.54. The van der Waals surface area contributed by atoms with Gasteiger partial charge < -0.3 is 15.2 Å². The Balaban J connectivity index is 1.34. The molecule has 1 heterocycles. The minimum atomic E-state index is -0.639. The molecule has 2 saturated carbocycles. The molecule has 0 aromatic carbocycles. The lowest BCUT2D eigenvalue weighted by atomic mass is 10.0. The number of rotatable bonds is 10. The Morgan fingerprint density at radius 1 is 1.40 bits per heavy atom. The molecule has 1 aromatic heterocycles. The van der Waals surface area contributed by atoms with Crippen LogP contribution >= 0.6 is 0 Å². The lowest BCUT2D eigenvalue weighted by molar-refractivity contribution is -0.125. The van der Waals surface area contributed by atoms with Crippen LogP contribution in [0.2, 0.25) is 0 Å². The van der Waals surface area contributed by atoms with Gasteiger partial charge in [0.05, 0.1) is 18.0 Å². The van der Waals surface area contributed by atoms with Gasteiger partial charge >= 0.3 is 0 Å². The standard InChI is InChI=1S/C18H26FN3O3/c1-12(10-19)17(24)21-11-18(4-5-18)6-7-20-16(23)9-14-8-15(25-22-14)13-2-3-13/h8,12-13H,2-7,9-11H2,1H3,(H,20,23)(H,21,24). The highest BCUT2D eigenvalue weighted by Crippen LogP contribution is 2.48. The zero-order valence-electron chi connectivity index (χ0n) is 14.6. The summed E-state index contributed by atoms with van der Waals surface area (Å²) in [6.45, 7) is 2.06. The molecule has 1 atom stereocenters. The second kappa shape index (κ2) is 7.54. The van der Waals surface area contributed by atoms with Gasteiger partial charge in [0.1, 0.15) is 12.4 Å². The van der Waals surface area contributed by atoms with Gasteiger partial charge in [0.2, 0.25) is 11.8 Å². The summed E-state index contributed by atoms with van der Waals surface area (Å²) in [6.07, 6.45) is 5.39. The fourth-order valence-electron chi connectivity index (χ4n) is 2.88. The first kappa shape index (κ1) is 17.9. The van der Waals surface area contributed by atoms with Crippen molar-refractivity contribution >= 4 is 11.8 Å². The average Bonchev–Trinajstić information content (AvgIpc) is 3.53. The van der Waals surface area contributed by atoms with Crippen LogP contribution < -0.4 is 10.6 Å². The molecule has 6 nitrogen and oxygen atoms in total. The Morgan fingerprint density at radius 3 is 2.80 bits per heavy atom. The van der Waals surface area contributed by atoms with E-state index in [1.807, 2.05) is 6.07 Å². The molecule has 2 N–H and O–H groups in total. The van der Waals surface area contributed by atoms with E-state index in [2.05, 4.69) is 15.8 Å². The molecule has 7 heteroatoms. The zero-order chi connectivity index (χ0) is 17.9.